The quantitative estimate of drug-likeness (QED) is 0.767. The lowest BCUT2D eigenvalue weighted by Gasteiger charge is -2.26. The van der Waals surface area contributed by atoms with Gasteiger partial charge in [-0.2, -0.15) is 5.26 Å². The average Bonchev–Trinajstić information content (AvgIpc) is 2.21. The highest BCUT2D eigenvalue weighted by Gasteiger charge is 2.11. The molecule has 0 bridgehead atoms. The average molecular weight is 203 g/mol. The monoisotopic (exact) mass is 203 g/mol. The Morgan fingerprint density at radius 2 is 2.20 bits per heavy atom. The lowest BCUT2D eigenvalue weighted by atomic mass is 10.1. The Hall–Kier alpha value is -1.69. The summed E-state index contributed by atoms with van der Waals surface area (Å²) < 4.78 is 0. The molecule has 0 heterocycles. The Balaban J connectivity index is 2.95. The van der Waals surface area contributed by atoms with Gasteiger partial charge in [0.2, 0.25) is 0 Å². The van der Waals surface area contributed by atoms with Crippen LogP contribution in [0.25, 0.3) is 0 Å². The number of nitriles is 1. The van der Waals surface area contributed by atoms with Gasteiger partial charge in [-0.15, -0.1) is 0 Å². The summed E-state index contributed by atoms with van der Waals surface area (Å²) in [6, 6.07) is 8.29. The van der Waals surface area contributed by atoms with Crippen molar-refractivity contribution in [1.29, 1.82) is 5.26 Å². The van der Waals surface area contributed by atoms with E-state index in [9.17, 15) is 0 Å². The highest BCUT2D eigenvalue weighted by Crippen LogP contribution is 2.25. The van der Waals surface area contributed by atoms with Gasteiger partial charge >= 0.3 is 0 Å². The molecule has 2 N–H and O–H groups in total. The molecule has 0 fully saturated rings. The maximum Gasteiger partial charge on any atom is 0.0643 e. The van der Waals surface area contributed by atoms with Gasteiger partial charge in [-0.05, 0) is 31.5 Å². The second-order valence-corrected chi connectivity index (χ2v) is 3.88. The zero-order valence-electron chi connectivity index (χ0n) is 9.49. The van der Waals surface area contributed by atoms with Gasteiger partial charge in [0.1, 0.15) is 0 Å². The van der Waals surface area contributed by atoms with E-state index in [1.807, 2.05) is 44.0 Å². The van der Waals surface area contributed by atoms with E-state index in [0.717, 1.165) is 11.4 Å². The molecule has 0 aliphatic carbocycles. The van der Waals surface area contributed by atoms with Crippen LogP contribution in [0.15, 0.2) is 18.2 Å². The van der Waals surface area contributed by atoms with Gasteiger partial charge in [0.05, 0.1) is 23.9 Å². The molecule has 0 aromatic heterocycles. The maximum atomic E-state index is 8.65. The molecule has 3 heteroatoms. The van der Waals surface area contributed by atoms with E-state index in [0.29, 0.717) is 6.42 Å². The van der Waals surface area contributed by atoms with Gasteiger partial charge in [-0.1, -0.05) is 6.07 Å². The summed E-state index contributed by atoms with van der Waals surface area (Å²) in [5.74, 6) is 0. The predicted octanol–water partition coefficient (Wildman–Crippen LogP) is 2.32. The minimum Gasteiger partial charge on any atom is -0.397 e. The van der Waals surface area contributed by atoms with E-state index >= 15 is 0 Å². The van der Waals surface area contributed by atoms with Crippen molar-refractivity contribution in [2.24, 2.45) is 0 Å². The standard InChI is InChI=1S/C12H17N3/c1-9-4-5-11(14)12(8-9)15(3)10(2)6-7-13/h4-5,8,10H,6,14H2,1-3H3. The third kappa shape index (κ3) is 2.63. The van der Waals surface area contributed by atoms with Crippen molar-refractivity contribution in [3.05, 3.63) is 23.8 Å². The zero-order valence-corrected chi connectivity index (χ0v) is 9.49. The van der Waals surface area contributed by atoms with Gasteiger partial charge in [-0.3, -0.25) is 0 Å². The second-order valence-electron chi connectivity index (χ2n) is 3.88. The number of nitrogen functional groups attached to an aromatic ring is 1. The Morgan fingerprint density at radius 3 is 2.80 bits per heavy atom. The summed E-state index contributed by atoms with van der Waals surface area (Å²) in [5, 5.41) is 8.65. The highest BCUT2D eigenvalue weighted by molar-refractivity contribution is 5.68. The number of nitrogens with two attached hydrogens (primary N) is 1. The predicted molar refractivity (Wildman–Crippen MR) is 63.7 cm³/mol. The molecule has 0 saturated heterocycles. The van der Waals surface area contributed by atoms with Crippen molar-refractivity contribution in [3.63, 3.8) is 0 Å². The summed E-state index contributed by atoms with van der Waals surface area (Å²) in [6.45, 7) is 4.05. The summed E-state index contributed by atoms with van der Waals surface area (Å²) in [5.41, 5.74) is 8.83. The largest absolute Gasteiger partial charge is 0.397 e. The summed E-state index contributed by atoms with van der Waals surface area (Å²) in [6.07, 6.45) is 0.504. The SMILES string of the molecule is Cc1ccc(N)c(N(C)C(C)CC#N)c1. The molecule has 1 atom stereocenters. The Bertz CT molecular complexity index is 379. The van der Waals surface area contributed by atoms with E-state index < -0.39 is 0 Å². The first-order valence-corrected chi connectivity index (χ1v) is 5.02. The van der Waals surface area contributed by atoms with E-state index in [1.54, 1.807) is 0 Å². The van der Waals surface area contributed by atoms with Crippen molar-refractivity contribution in [3.8, 4) is 6.07 Å². The van der Waals surface area contributed by atoms with Crippen LogP contribution in [0.2, 0.25) is 0 Å². The van der Waals surface area contributed by atoms with Crippen LogP contribution in [0.1, 0.15) is 18.9 Å². The van der Waals surface area contributed by atoms with Crippen LogP contribution in [0.4, 0.5) is 11.4 Å². The van der Waals surface area contributed by atoms with Gasteiger partial charge in [0, 0.05) is 13.1 Å². The first kappa shape index (κ1) is 11.4. The molecule has 0 radical (unpaired) electrons. The molecule has 3 nitrogen and oxygen atoms in total. The minimum absolute atomic E-state index is 0.180. The highest BCUT2D eigenvalue weighted by atomic mass is 15.1. The Morgan fingerprint density at radius 1 is 1.53 bits per heavy atom. The van der Waals surface area contributed by atoms with Gasteiger partial charge in [-0.25, -0.2) is 0 Å². The second kappa shape index (κ2) is 4.70. The summed E-state index contributed by atoms with van der Waals surface area (Å²) >= 11 is 0. The molecule has 15 heavy (non-hydrogen) atoms. The molecule has 0 aliphatic rings. The summed E-state index contributed by atoms with van der Waals surface area (Å²) in [7, 11) is 1.97. The maximum absolute atomic E-state index is 8.65. The van der Waals surface area contributed by atoms with E-state index in [1.165, 1.54) is 5.56 Å². The number of anilines is 2. The Kier molecular flexibility index (Phi) is 3.56. The third-order valence-corrected chi connectivity index (χ3v) is 2.61. The number of nitrogens with zero attached hydrogens (tertiary/aromatic N) is 2. The molecule has 1 rings (SSSR count). The van der Waals surface area contributed by atoms with Crippen LogP contribution < -0.4 is 10.6 Å². The fourth-order valence-corrected chi connectivity index (χ4v) is 1.47. The third-order valence-electron chi connectivity index (χ3n) is 2.61. The van der Waals surface area contributed by atoms with Crippen molar-refractivity contribution < 1.29 is 0 Å². The molecular weight excluding hydrogens is 186 g/mol. The zero-order chi connectivity index (χ0) is 11.4. The van der Waals surface area contributed by atoms with Gasteiger partial charge in [0.25, 0.3) is 0 Å². The number of benzene rings is 1. The molecule has 1 aromatic carbocycles. The van der Waals surface area contributed by atoms with Crippen molar-refractivity contribution in [1.82, 2.24) is 0 Å². The lowest BCUT2D eigenvalue weighted by molar-refractivity contribution is 0.703. The first-order chi connectivity index (χ1) is 7.06. The number of aryl methyl sites for hydroxylation is 1. The van der Waals surface area contributed by atoms with Crippen LogP contribution in [-0.4, -0.2) is 13.1 Å². The fourth-order valence-electron chi connectivity index (χ4n) is 1.47. The van der Waals surface area contributed by atoms with E-state index in [2.05, 4.69) is 6.07 Å². The molecule has 1 unspecified atom stereocenters. The number of hydrogen-bond acceptors (Lipinski definition) is 3. The molecule has 0 saturated carbocycles. The molecule has 1 aromatic rings. The van der Waals surface area contributed by atoms with Crippen molar-refractivity contribution in [2.45, 2.75) is 26.3 Å². The van der Waals surface area contributed by atoms with Gasteiger partial charge in [0.15, 0.2) is 0 Å². The number of rotatable bonds is 3. The number of hydrogen-bond donors (Lipinski definition) is 1. The first-order valence-electron chi connectivity index (χ1n) is 5.02. The van der Waals surface area contributed by atoms with Gasteiger partial charge < -0.3 is 10.6 Å². The van der Waals surface area contributed by atoms with E-state index in [-0.39, 0.29) is 6.04 Å². The van der Waals surface area contributed by atoms with Crippen molar-refractivity contribution >= 4 is 11.4 Å². The van der Waals surface area contributed by atoms with Crippen LogP contribution in [0.3, 0.4) is 0 Å². The molecule has 0 spiro atoms. The topological polar surface area (TPSA) is 53.0 Å². The van der Waals surface area contributed by atoms with Crippen LogP contribution in [0.5, 0.6) is 0 Å². The lowest BCUT2D eigenvalue weighted by Crippen LogP contribution is -2.29. The normalized spacial score (nSPS) is 11.9. The smallest absolute Gasteiger partial charge is 0.0643 e. The molecule has 80 valence electrons. The molecule has 0 amide bonds. The summed E-state index contributed by atoms with van der Waals surface area (Å²) in [4.78, 5) is 2.05. The Labute approximate surface area is 91.1 Å². The van der Waals surface area contributed by atoms with Crippen LogP contribution in [-0.2, 0) is 0 Å². The molecule has 0 aliphatic heterocycles. The minimum atomic E-state index is 0.180. The van der Waals surface area contributed by atoms with Crippen molar-refractivity contribution in [2.75, 3.05) is 17.7 Å². The molecular formula is C12H17N3. The van der Waals surface area contributed by atoms with E-state index in [4.69, 9.17) is 11.0 Å². The van der Waals surface area contributed by atoms with Crippen LogP contribution >= 0.6 is 0 Å². The fraction of sp³-hybridized carbons (Fsp3) is 0.417. The van der Waals surface area contributed by atoms with Crippen LogP contribution in [0, 0.1) is 18.3 Å².